The Labute approximate surface area is 75.4 Å². The molecule has 0 saturated carbocycles. The van der Waals surface area contributed by atoms with E-state index < -0.39 is 10.2 Å². The van der Waals surface area contributed by atoms with Crippen molar-refractivity contribution in [2.24, 2.45) is 5.14 Å². The van der Waals surface area contributed by atoms with Crippen molar-refractivity contribution in [3.05, 3.63) is 18.1 Å². The topological polar surface area (TPSA) is 124 Å². The zero-order valence-corrected chi connectivity index (χ0v) is 7.45. The average molecular weight is 203 g/mol. The minimum atomic E-state index is -3.71. The second-order valence-corrected chi connectivity index (χ2v) is 3.64. The monoisotopic (exact) mass is 203 g/mol. The molecule has 0 amide bonds. The van der Waals surface area contributed by atoms with Gasteiger partial charge in [0.15, 0.2) is 0 Å². The summed E-state index contributed by atoms with van der Waals surface area (Å²) < 4.78 is 23.0. The molecule has 1 aromatic rings. The van der Waals surface area contributed by atoms with Gasteiger partial charge in [-0.15, -0.1) is 0 Å². The Balaban J connectivity index is 2.65. The van der Waals surface area contributed by atoms with Crippen LogP contribution < -0.4 is 15.6 Å². The molecule has 0 aliphatic rings. The molecule has 0 spiro atoms. The van der Waals surface area contributed by atoms with Crippen LogP contribution in [0, 0.1) is 0 Å². The van der Waals surface area contributed by atoms with Gasteiger partial charge in [-0.05, 0) is 6.07 Å². The summed E-state index contributed by atoms with van der Waals surface area (Å²) in [5.74, 6) is 0.551. The van der Waals surface area contributed by atoms with Crippen LogP contribution in [-0.4, -0.2) is 18.4 Å². The molecule has 1 rings (SSSR count). The molecule has 0 radical (unpaired) electrons. The van der Waals surface area contributed by atoms with Crippen molar-refractivity contribution in [2.75, 3.05) is 5.73 Å². The van der Waals surface area contributed by atoms with Crippen molar-refractivity contribution >= 4 is 16.0 Å². The zero-order chi connectivity index (χ0) is 9.90. The van der Waals surface area contributed by atoms with Gasteiger partial charge in [0.25, 0.3) is 10.2 Å². The highest BCUT2D eigenvalue weighted by molar-refractivity contribution is 7.87. The maximum Gasteiger partial charge on any atom is 0.274 e. The highest BCUT2D eigenvalue weighted by Crippen LogP contribution is 1.95. The molecule has 0 atom stereocenters. The lowest BCUT2D eigenvalue weighted by Gasteiger charge is -2.00. The van der Waals surface area contributed by atoms with Crippen LogP contribution >= 0.6 is 0 Å². The van der Waals surface area contributed by atoms with Crippen molar-refractivity contribution in [3.8, 4) is 0 Å². The van der Waals surface area contributed by atoms with E-state index >= 15 is 0 Å². The summed E-state index contributed by atoms with van der Waals surface area (Å²) in [5.41, 5.74) is 5.34. The van der Waals surface area contributed by atoms with Crippen LogP contribution in [0.25, 0.3) is 0 Å². The zero-order valence-electron chi connectivity index (χ0n) is 6.64. The van der Waals surface area contributed by atoms with Crippen LogP contribution in [0.2, 0.25) is 0 Å². The van der Waals surface area contributed by atoms with Gasteiger partial charge in [-0.2, -0.15) is 13.1 Å². The third-order valence-corrected chi connectivity index (χ3v) is 1.71. The summed E-state index contributed by atoms with van der Waals surface area (Å²) in [6.45, 7) is -0.0656. The Hall–Kier alpha value is -1.25. The molecule has 7 nitrogen and oxygen atoms in total. The van der Waals surface area contributed by atoms with Crippen LogP contribution in [0.5, 0.6) is 0 Å². The van der Waals surface area contributed by atoms with Gasteiger partial charge in [-0.3, -0.25) is 0 Å². The Morgan fingerprint density at radius 1 is 1.54 bits per heavy atom. The number of hydrogen-bond donors (Lipinski definition) is 3. The summed E-state index contributed by atoms with van der Waals surface area (Å²) in [6, 6.07) is 1.50. The van der Waals surface area contributed by atoms with Crippen molar-refractivity contribution in [1.82, 2.24) is 14.7 Å². The Morgan fingerprint density at radius 3 is 2.77 bits per heavy atom. The highest BCUT2D eigenvalue weighted by Gasteiger charge is 2.02. The normalized spacial score (nSPS) is 11.5. The van der Waals surface area contributed by atoms with E-state index in [4.69, 9.17) is 10.9 Å². The van der Waals surface area contributed by atoms with E-state index in [0.29, 0.717) is 0 Å². The molecule has 5 N–H and O–H groups in total. The first kappa shape index (κ1) is 9.84. The van der Waals surface area contributed by atoms with Crippen molar-refractivity contribution < 1.29 is 8.42 Å². The van der Waals surface area contributed by atoms with E-state index in [0.717, 1.165) is 0 Å². The van der Waals surface area contributed by atoms with Gasteiger partial charge < -0.3 is 5.73 Å². The van der Waals surface area contributed by atoms with Gasteiger partial charge in [-0.25, -0.2) is 15.1 Å². The summed E-state index contributed by atoms with van der Waals surface area (Å²) in [6.07, 6.45) is 1.43. The molecule has 72 valence electrons. The molecule has 8 heteroatoms. The summed E-state index contributed by atoms with van der Waals surface area (Å²) in [5, 5.41) is 4.70. The first-order valence-corrected chi connectivity index (χ1v) is 4.87. The number of nitrogens with one attached hydrogen (secondary N) is 1. The first-order chi connectivity index (χ1) is 5.97. The second-order valence-electron chi connectivity index (χ2n) is 2.26. The van der Waals surface area contributed by atoms with Gasteiger partial charge in [0.1, 0.15) is 11.6 Å². The number of rotatable bonds is 3. The molecule has 1 heterocycles. The summed E-state index contributed by atoms with van der Waals surface area (Å²) >= 11 is 0. The van der Waals surface area contributed by atoms with Crippen LogP contribution in [-0.2, 0) is 16.8 Å². The number of anilines is 1. The van der Waals surface area contributed by atoms with Gasteiger partial charge in [0, 0.05) is 6.20 Å². The minimum Gasteiger partial charge on any atom is -0.384 e. The number of aromatic nitrogens is 2. The molecule has 1 aromatic heterocycles. The molecule has 0 saturated heterocycles. The molecular formula is C5H9N5O2S. The van der Waals surface area contributed by atoms with Gasteiger partial charge in [0.05, 0.1) is 6.54 Å². The van der Waals surface area contributed by atoms with Gasteiger partial charge in [-0.1, -0.05) is 0 Å². The molecule has 13 heavy (non-hydrogen) atoms. The third kappa shape index (κ3) is 3.78. The fraction of sp³-hybridized carbons (Fsp3) is 0.200. The number of nitrogen functional groups attached to an aromatic ring is 1. The Kier molecular flexibility index (Phi) is 2.76. The van der Waals surface area contributed by atoms with Crippen molar-refractivity contribution in [2.45, 2.75) is 6.54 Å². The van der Waals surface area contributed by atoms with Gasteiger partial charge >= 0.3 is 0 Å². The summed E-state index contributed by atoms with van der Waals surface area (Å²) in [7, 11) is -3.71. The highest BCUT2D eigenvalue weighted by atomic mass is 32.2. The van der Waals surface area contributed by atoms with E-state index in [1.807, 2.05) is 4.72 Å². The van der Waals surface area contributed by atoms with Crippen LogP contribution in [0.1, 0.15) is 5.82 Å². The number of nitrogens with zero attached hydrogens (tertiary/aromatic N) is 2. The minimum absolute atomic E-state index is 0.0656. The predicted molar refractivity (Wildman–Crippen MR) is 46.4 cm³/mol. The predicted octanol–water partition coefficient (Wildman–Crippen LogP) is -1.65. The fourth-order valence-electron chi connectivity index (χ4n) is 0.665. The molecule has 0 bridgehead atoms. The maximum atomic E-state index is 10.5. The lowest BCUT2D eigenvalue weighted by molar-refractivity contribution is 0.581. The molecule has 0 fully saturated rings. The van der Waals surface area contributed by atoms with E-state index in [1.54, 1.807) is 0 Å². The standard InChI is InChI=1S/C5H9N5O2S/c6-4-1-2-8-5(10-4)3-9-13(7,11)12/h1-2,9H,3H2,(H2,6,8,10)(H2,7,11,12). The van der Waals surface area contributed by atoms with Crippen molar-refractivity contribution in [3.63, 3.8) is 0 Å². The van der Waals surface area contributed by atoms with Crippen molar-refractivity contribution in [1.29, 1.82) is 0 Å². The van der Waals surface area contributed by atoms with Crippen LogP contribution in [0.3, 0.4) is 0 Å². The molecule has 0 aliphatic heterocycles. The SMILES string of the molecule is Nc1ccnc(CNS(N)(=O)=O)n1. The van der Waals surface area contributed by atoms with E-state index in [2.05, 4.69) is 9.97 Å². The number of nitrogens with two attached hydrogens (primary N) is 2. The van der Waals surface area contributed by atoms with Crippen LogP contribution in [0.15, 0.2) is 12.3 Å². The second kappa shape index (κ2) is 3.64. The maximum absolute atomic E-state index is 10.5. The quantitative estimate of drug-likeness (QED) is 0.543. The van der Waals surface area contributed by atoms with Crippen LogP contribution in [0.4, 0.5) is 5.82 Å². The first-order valence-electron chi connectivity index (χ1n) is 3.32. The lowest BCUT2D eigenvalue weighted by Crippen LogP contribution is -2.30. The smallest absolute Gasteiger partial charge is 0.274 e. The van der Waals surface area contributed by atoms with E-state index in [-0.39, 0.29) is 18.2 Å². The van der Waals surface area contributed by atoms with E-state index in [1.165, 1.54) is 12.3 Å². The number of hydrogen-bond acceptors (Lipinski definition) is 5. The Bertz CT molecular complexity index is 390. The average Bonchev–Trinajstić information content (AvgIpc) is 2.00. The fourth-order valence-corrected chi connectivity index (χ4v) is 0.995. The van der Waals surface area contributed by atoms with Gasteiger partial charge in [0.2, 0.25) is 0 Å². The van der Waals surface area contributed by atoms with E-state index in [9.17, 15) is 8.42 Å². The lowest BCUT2D eigenvalue weighted by atomic mass is 10.5. The molecule has 0 aliphatic carbocycles. The molecular weight excluding hydrogens is 194 g/mol. The third-order valence-electron chi connectivity index (χ3n) is 1.16. The Morgan fingerprint density at radius 2 is 2.23 bits per heavy atom. The molecule has 0 unspecified atom stereocenters. The molecule has 0 aromatic carbocycles. The largest absolute Gasteiger partial charge is 0.384 e. The summed E-state index contributed by atoms with van der Waals surface area (Å²) in [4.78, 5) is 7.53.